The molecule has 0 atom stereocenters. The first-order valence-electron chi connectivity index (χ1n) is 8.45. The molecule has 0 saturated heterocycles. The zero-order chi connectivity index (χ0) is 17.6. The third-order valence-corrected chi connectivity index (χ3v) is 4.29. The lowest BCUT2D eigenvalue weighted by molar-refractivity contribution is -0.0498. The Balaban J connectivity index is 1.72. The zero-order valence-electron chi connectivity index (χ0n) is 13.9. The smallest absolute Gasteiger partial charge is 0.248 e. The first-order chi connectivity index (χ1) is 11.2. The fraction of sp³-hybridized carbons (Fsp3) is 0.647. The van der Waals surface area contributed by atoms with Crippen LogP contribution < -0.4 is 10.1 Å². The van der Waals surface area contributed by atoms with Gasteiger partial charge in [0.15, 0.2) is 0 Å². The van der Waals surface area contributed by atoms with Crippen LogP contribution in [0, 0.1) is 5.92 Å². The van der Waals surface area contributed by atoms with Gasteiger partial charge in [-0.15, -0.1) is 0 Å². The molecule has 6 radical (unpaired) electrons. The minimum absolute atomic E-state index is 0.0288. The van der Waals surface area contributed by atoms with Gasteiger partial charge in [0.05, 0.1) is 30.1 Å². The maximum absolute atomic E-state index is 13.1. The van der Waals surface area contributed by atoms with Crippen molar-refractivity contribution in [2.75, 3.05) is 13.2 Å². The number of nitrogens with one attached hydrogen (secondary N) is 1. The summed E-state index contributed by atoms with van der Waals surface area (Å²) in [4.78, 5) is 0. The predicted molar refractivity (Wildman–Crippen MR) is 95.2 cm³/mol. The lowest BCUT2D eigenvalue weighted by Gasteiger charge is -2.28. The van der Waals surface area contributed by atoms with Gasteiger partial charge < -0.3 is 10.1 Å². The van der Waals surface area contributed by atoms with Crippen molar-refractivity contribution in [1.82, 2.24) is 5.32 Å². The van der Waals surface area contributed by atoms with Crippen LogP contribution in [0.25, 0.3) is 0 Å². The number of hydrogen-bond donors (Lipinski definition) is 1. The van der Waals surface area contributed by atoms with Crippen molar-refractivity contribution in [3.05, 3.63) is 29.8 Å². The van der Waals surface area contributed by atoms with E-state index in [0.29, 0.717) is 26.0 Å². The van der Waals surface area contributed by atoms with Gasteiger partial charge in [-0.3, -0.25) is 0 Å². The molecule has 1 aromatic carbocycles. The van der Waals surface area contributed by atoms with Crippen molar-refractivity contribution in [2.24, 2.45) is 5.92 Å². The standard InChI is InChI=1S/C17H22B3F2NO/c18-17(19,20)23-10-2-4-13-3-1-5-15(11-13)24-12-14-6-8-16(21,22)9-7-14/h1,3,5,11,14,23H,2,4,6-10,12H2. The molecule has 0 spiro atoms. The van der Waals surface area contributed by atoms with E-state index in [4.69, 9.17) is 28.3 Å². The minimum Gasteiger partial charge on any atom is -0.493 e. The Hall–Kier alpha value is -0.965. The van der Waals surface area contributed by atoms with E-state index in [9.17, 15) is 8.78 Å². The molecule has 1 fully saturated rings. The molecule has 0 heterocycles. The molecular weight excluding hydrogens is 305 g/mol. The van der Waals surface area contributed by atoms with E-state index in [1.54, 1.807) is 0 Å². The molecule has 2 nitrogen and oxygen atoms in total. The normalized spacial score (nSPS) is 18.4. The first kappa shape index (κ1) is 19.4. The Labute approximate surface area is 147 Å². The third kappa shape index (κ3) is 7.29. The van der Waals surface area contributed by atoms with Crippen molar-refractivity contribution in [3.8, 4) is 5.75 Å². The van der Waals surface area contributed by atoms with E-state index < -0.39 is 11.2 Å². The molecule has 0 amide bonds. The molecule has 2 rings (SSSR count). The van der Waals surface area contributed by atoms with Gasteiger partial charge in [-0.25, -0.2) is 8.78 Å². The van der Waals surface area contributed by atoms with E-state index in [0.717, 1.165) is 24.2 Å². The van der Waals surface area contributed by atoms with E-state index >= 15 is 0 Å². The lowest BCUT2D eigenvalue weighted by atomic mass is 9.49. The Morgan fingerprint density at radius 2 is 1.92 bits per heavy atom. The molecule has 124 valence electrons. The minimum atomic E-state index is -2.49. The maximum atomic E-state index is 13.1. The molecule has 1 saturated carbocycles. The van der Waals surface area contributed by atoms with Gasteiger partial charge in [0.25, 0.3) is 0 Å². The number of hydrogen-bond acceptors (Lipinski definition) is 2. The highest BCUT2D eigenvalue weighted by atomic mass is 19.3. The van der Waals surface area contributed by atoms with Crippen molar-refractivity contribution >= 4 is 23.5 Å². The monoisotopic (exact) mass is 327 g/mol. The summed E-state index contributed by atoms with van der Waals surface area (Å²) in [6, 6.07) is 7.84. The number of aryl methyl sites for hydroxylation is 1. The van der Waals surface area contributed by atoms with Gasteiger partial charge in [0.1, 0.15) is 5.75 Å². The number of ether oxygens (including phenoxy) is 1. The highest BCUT2D eigenvalue weighted by molar-refractivity contribution is 6.59. The topological polar surface area (TPSA) is 21.3 Å². The van der Waals surface area contributed by atoms with E-state index in [1.165, 1.54) is 0 Å². The Kier molecular flexibility index (Phi) is 6.79. The second-order valence-electron chi connectivity index (χ2n) is 6.72. The SMILES string of the molecule is [B]C([B])([B])NCCCc1cccc(OCC2CCC(F)(F)CC2)c1. The highest BCUT2D eigenvalue weighted by Crippen LogP contribution is 2.36. The summed E-state index contributed by atoms with van der Waals surface area (Å²) in [7, 11) is 16.3. The highest BCUT2D eigenvalue weighted by Gasteiger charge is 2.34. The van der Waals surface area contributed by atoms with Crippen LogP contribution in [0.15, 0.2) is 24.3 Å². The summed E-state index contributed by atoms with van der Waals surface area (Å²) in [5, 5.41) is 1.48. The largest absolute Gasteiger partial charge is 0.493 e. The van der Waals surface area contributed by atoms with Crippen LogP contribution in [-0.2, 0) is 6.42 Å². The van der Waals surface area contributed by atoms with Crippen LogP contribution in [0.4, 0.5) is 8.78 Å². The Bertz CT molecular complexity index is 513. The molecule has 1 N–H and O–H groups in total. The molecule has 0 aliphatic heterocycles. The second-order valence-corrected chi connectivity index (χ2v) is 6.72. The average molecular weight is 327 g/mol. The van der Waals surface area contributed by atoms with Gasteiger partial charge >= 0.3 is 0 Å². The second kappa shape index (κ2) is 8.42. The van der Waals surface area contributed by atoms with Gasteiger partial charge in [-0.2, -0.15) is 0 Å². The fourth-order valence-corrected chi connectivity index (χ4v) is 2.87. The predicted octanol–water partition coefficient (Wildman–Crippen LogP) is 2.53. The van der Waals surface area contributed by atoms with Crippen LogP contribution >= 0.6 is 0 Å². The number of alkyl halides is 2. The number of halogens is 2. The quantitative estimate of drug-likeness (QED) is 0.585. The van der Waals surface area contributed by atoms with Crippen molar-refractivity contribution in [2.45, 2.75) is 49.7 Å². The molecule has 0 aromatic heterocycles. The van der Waals surface area contributed by atoms with Crippen LogP contribution in [-0.4, -0.2) is 47.8 Å². The lowest BCUT2D eigenvalue weighted by Crippen LogP contribution is -2.47. The summed E-state index contributed by atoms with van der Waals surface area (Å²) in [6.45, 7) is 1.11. The fourth-order valence-electron chi connectivity index (χ4n) is 2.87. The molecule has 24 heavy (non-hydrogen) atoms. The van der Waals surface area contributed by atoms with Gasteiger partial charge in [-0.1, -0.05) is 17.4 Å². The van der Waals surface area contributed by atoms with Crippen molar-refractivity contribution in [1.29, 1.82) is 0 Å². The molecule has 0 unspecified atom stereocenters. The zero-order valence-corrected chi connectivity index (χ0v) is 13.9. The van der Waals surface area contributed by atoms with Crippen LogP contribution in [0.5, 0.6) is 5.75 Å². The molecule has 1 aromatic rings. The summed E-state index contributed by atoms with van der Waals surface area (Å²) in [6.07, 6.45) is 2.68. The third-order valence-electron chi connectivity index (χ3n) is 4.29. The van der Waals surface area contributed by atoms with E-state index in [1.807, 2.05) is 24.3 Å². The van der Waals surface area contributed by atoms with Gasteiger partial charge in [0, 0.05) is 12.8 Å². The number of benzene rings is 1. The van der Waals surface area contributed by atoms with Crippen molar-refractivity contribution in [3.63, 3.8) is 0 Å². The molecule has 1 aliphatic carbocycles. The molecule has 7 heteroatoms. The van der Waals surface area contributed by atoms with Crippen LogP contribution in [0.1, 0.15) is 37.7 Å². The summed E-state index contributed by atoms with van der Waals surface area (Å²) >= 11 is 0. The average Bonchev–Trinajstić information content (AvgIpc) is 2.50. The molecule has 1 aliphatic rings. The van der Waals surface area contributed by atoms with Crippen molar-refractivity contribution < 1.29 is 13.5 Å². The number of rotatable bonds is 8. The van der Waals surface area contributed by atoms with Gasteiger partial charge in [0.2, 0.25) is 5.92 Å². The van der Waals surface area contributed by atoms with Crippen LogP contribution in [0.2, 0.25) is 0 Å². The maximum Gasteiger partial charge on any atom is 0.248 e. The van der Waals surface area contributed by atoms with Crippen LogP contribution in [0.3, 0.4) is 0 Å². The summed E-state index contributed by atoms with van der Waals surface area (Å²) in [5.74, 6) is -1.49. The van der Waals surface area contributed by atoms with E-state index in [-0.39, 0.29) is 18.8 Å². The first-order valence-corrected chi connectivity index (χ1v) is 8.45. The Morgan fingerprint density at radius 1 is 1.21 bits per heavy atom. The summed E-state index contributed by atoms with van der Waals surface area (Å²) in [5.41, 5.74) is 1.14. The molecular formula is C17H22B3F2NO. The molecule has 0 bridgehead atoms. The Morgan fingerprint density at radius 3 is 2.58 bits per heavy atom. The van der Waals surface area contributed by atoms with Gasteiger partial charge in [-0.05, 0) is 55.8 Å². The van der Waals surface area contributed by atoms with E-state index in [2.05, 4.69) is 5.32 Å². The summed E-state index contributed by atoms with van der Waals surface area (Å²) < 4.78 is 32.1.